The van der Waals surface area contributed by atoms with Crippen LogP contribution in [0.3, 0.4) is 0 Å². The molecule has 0 radical (unpaired) electrons. The van der Waals surface area contributed by atoms with Gasteiger partial charge in [-0.3, -0.25) is 0 Å². The molecule has 0 aromatic carbocycles. The van der Waals surface area contributed by atoms with Gasteiger partial charge in [0.15, 0.2) is 0 Å². The summed E-state index contributed by atoms with van der Waals surface area (Å²) in [5.41, 5.74) is 4.71. The zero-order chi connectivity index (χ0) is 18.0. The number of hydrogen-bond donors (Lipinski definition) is 1. The van der Waals surface area contributed by atoms with E-state index >= 15 is 0 Å². The summed E-state index contributed by atoms with van der Waals surface area (Å²) in [4.78, 5) is 6.70. The Kier molecular flexibility index (Phi) is 6.73. The molecule has 26 heavy (non-hydrogen) atoms. The summed E-state index contributed by atoms with van der Waals surface area (Å²) in [6, 6.07) is 4.02. The van der Waals surface area contributed by atoms with Gasteiger partial charge in [-0.2, -0.15) is 0 Å². The minimum absolute atomic E-state index is 0.834. The van der Waals surface area contributed by atoms with Gasteiger partial charge in [-0.25, -0.2) is 4.98 Å². The first-order valence-corrected chi connectivity index (χ1v) is 9.51. The molecular formula is C23H27N3. The predicted octanol–water partition coefficient (Wildman–Crippen LogP) is 4.68. The molecule has 2 aliphatic rings. The minimum atomic E-state index is 0.834. The molecule has 0 saturated heterocycles. The van der Waals surface area contributed by atoms with Crippen LogP contribution < -0.4 is 5.32 Å². The molecule has 0 fully saturated rings. The van der Waals surface area contributed by atoms with Crippen LogP contribution in [-0.4, -0.2) is 29.5 Å². The van der Waals surface area contributed by atoms with E-state index in [9.17, 15) is 0 Å². The molecule has 0 unspecified atom stereocenters. The smallest absolute Gasteiger partial charge is 0.113 e. The lowest BCUT2D eigenvalue weighted by Crippen LogP contribution is -2.21. The van der Waals surface area contributed by atoms with Crippen molar-refractivity contribution < 1.29 is 0 Å². The number of pyridine rings is 1. The van der Waals surface area contributed by atoms with Crippen LogP contribution in [0.5, 0.6) is 0 Å². The maximum absolute atomic E-state index is 4.39. The maximum Gasteiger partial charge on any atom is 0.113 e. The number of hydrogen-bond acceptors (Lipinski definition) is 3. The van der Waals surface area contributed by atoms with Gasteiger partial charge in [0.1, 0.15) is 5.69 Å². The van der Waals surface area contributed by atoms with Crippen molar-refractivity contribution in [3.05, 3.63) is 71.7 Å². The first-order valence-electron chi connectivity index (χ1n) is 9.51. The van der Waals surface area contributed by atoms with E-state index in [1.165, 1.54) is 11.1 Å². The largest absolute Gasteiger partial charge is 0.384 e. The van der Waals surface area contributed by atoms with E-state index in [4.69, 9.17) is 0 Å². The highest BCUT2D eigenvalue weighted by Crippen LogP contribution is 2.23. The molecule has 2 heterocycles. The summed E-state index contributed by atoms with van der Waals surface area (Å²) in [6.07, 6.45) is 19.5. The van der Waals surface area contributed by atoms with Gasteiger partial charge in [0.2, 0.25) is 0 Å². The van der Waals surface area contributed by atoms with Crippen molar-refractivity contribution in [3.63, 3.8) is 0 Å². The number of allylic oxidation sites excluding steroid dienone is 6. The van der Waals surface area contributed by atoms with Crippen molar-refractivity contribution >= 4 is 5.69 Å². The molecule has 1 N–H and O–H groups in total. The minimum Gasteiger partial charge on any atom is -0.384 e. The molecule has 0 amide bonds. The second-order valence-electron chi connectivity index (χ2n) is 6.52. The molecule has 1 aromatic rings. The normalized spacial score (nSPS) is 15.8. The van der Waals surface area contributed by atoms with Gasteiger partial charge in [0.25, 0.3) is 0 Å². The highest BCUT2D eigenvalue weighted by atomic mass is 15.1. The summed E-state index contributed by atoms with van der Waals surface area (Å²) in [5.74, 6) is 6.39. The molecular weight excluding hydrogens is 318 g/mol. The average Bonchev–Trinajstić information content (AvgIpc) is 2.72. The number of aromatic nitrogens is 1. The van der Waals surface area contributed by atoms with E-state index in [2.05, 4.69) is 70.5 Å². The van der Waals surface area contributed by atoms with Crippen molar-refractivity contribution in [1.29, 1.82) is 0 Å². The molecule has 1 aliphatic heterocycles. The maximum atomic E-state index is 4.39. The monoisotopic (exact) mass is 345 g/mol. The Bertz CT molecular complexity index is 770. The Morgan fingerprint density at radius 2 is 2.19 bits per heavy atom. The van der Waals surface area contributed by atoms with Crippen molar-refractivity contribution in [2.24, 2.45) is 0 Å². The van der Waals surface area contributed by atoms with Gasteiger partial charge in [0.05, 0.1) is 11.9 Å². The van der Waals surface area contributed by atoms with Crippen LogP contribution in [0.25, 0.3) is 0 Å². The molecule has 0 bridgehead atoms. The zero-order valence-corrected chi connectivity index (χ0v) is 15.5. The van der Waals surface area contributed by atoms with Gasteiger partial charge in [0, 0.05) is 26.1 Å². The lowest BCUT2D eigenvalue weighted by molar-refractivity contribution is 0.420. The van der Waals surface area contributed by atoms with E-state index in [1.54, 1.807) is 0 Å². The average molecular weight is 345 g/mol. The fraction of sp³-hybridized carbons (Fsp3) is 0.348. The lowest BCUT2D eigenvalue weighted by atomic mass is 9.96. The molecule has 0 atom stereocenters. The van der Waals surface area contributed by atoms with Crippen molar-refractivity contribution in [1.82, 2.24) is 9.88 Å². The summed E-state index contributed by atoms with van der Waals surface area (Å²) in [5, 5.41) is 3.32. The van der Waals surface area contributed by atoms with Crippen molar-refractivity contribution in [3.8, 4) is 11.8 Å². The molecule has 3 nitrogen and oxygen atoms in total. The predicted molar refractivity (Wildman–Crippen MR) is 110 cm³/mol. The fourth-order valence-corrected chi connectivity index (χ4v) is 2.96. The molecule has 0 saturated carbocycles. The van der Waals surface area contributed by atoms with E-state index in [1.807, 2.05) is 18.3 Å². The Morgan fingerprint density at radius 1 is 1.23 bits per heavy atom. The third kappa shape index (κ3) is 5.39. The summed E-state index contributed by atoms with van der Waals surface area (Å²) >= 11 is 0. The zero-order valence-electron chi connectivity index (χ0n) is 15.5. The van der Waals surface area contributed by atoms with Gasteiger partial charge >= 0.3 is 0 Å². The molecule has 1 aliphatic carbocycles. The van der Waals surface area contributed by atoms with E-state index in [0.29, 0.717) is 0 Å². The molecule has 3 heteroatoms. The first-order chi connectivity index (χ1) is 12.8. The summed E-state index contributed by atoms with van der Waals surface area (Å²) < 4.78 is 0. The van der Waals surface area contributed by atoms with Crippen LogP contribution in [0.2, 0.25) is 0 Å². The van der Waals surface area contributed by atoms with Crippen LogP contribution in [0.1, 0.15) is 38.3 Å². The number of anilines is 1. The molecule has 1 aromatic heterocycles. The van der Waals surface area contributed by atoms with Crippen molar-refractivity contribution in [2.75, 3.05) is 25.0 Å². The summed E-state index contributed by atoms with van der Waals surface area (Å²) in [7, 11) is 0. The van der Waals surface area contributed by atoms with E-state index in [0.717, 1.165) is 56.7 Å². The fourth-order valence-electron chi connectivity index (χ4n) is 2.96. The second kappa shape index (κ2) is 9.68. The second-order valence-corrected chi connectivity index (χ2v) is 6.52. The quantitative estimate of drug-likeness (QED) is 0.599. The van der Waals surface area contributed by atoms with Crippen LogP contribution in [0, 0.1) is 11.8 Å². The van der Waals surface area contributed by atoms with Gasteiger partial charge in [-0.05, 0) is 60.7 Å². The Balaban J connectivity index is 1.42. The highest BCUT2D eigenvalue weighted by Gasteiger charge is 2.08. The Labute approximate surface area is 157 Å². The highest BCUT2D eigenvalue weighted by molar-refractivity contribution is 5.44. The van der Waals surface area contributed by atoms with Crippen molar-refractivity contribution in [2.45, 2.75) is 32.6 Å². The summed E-state index contributed by atoms with van der Waals surface area (Å²) in [6.45, 7) is 5.03. The van der Waals surface area contributed by atoms with Gasteiger partial charge in [-0.1, -0.05) is 37.1 Å². The van der Waals surface area contributed by atoms with E-state index < -0.39 is 0 Å². The van der Waals surface area contributed by atoms with Gasteiger partial charge in [-0.15, -0.1) is 0 Å². The lowest BCUT2D eigenvalue weighted by Gasteiger charge is -2.23. The number of rotatable bonds is 6. The molecule has 3 rings (SSSR count). The van der Waals surface area contributed by atoms with Crippen LogP contribution in [0.4, 0.5) is 5.69 Å². The molecule has 134 valence electrons. The number of nitrogens with one attached hydrogen (secondary N) is 1. The molecule has 0 spiro atoms. The van der Waals surface area contributed by atoms with Crippen LogP contribution in [-0.2, 0) is 0 Å². The SMILES string of the molecule is CCCNc1ccc(C#CCCN2C=CC(C3=CCC=CC3)=CC2)nc1. The first kappa shape index (κ1) is 18.1. The number of nitrogens with zero attached hydrogens (tertiary/aromatic N) is 2. The van der Waals surface area contributed by atoms with E-state index in [-0.39, 0.29) is 0 Å². The van der Waals surface area contributed by atoms with Crippen LogP contribution in [0.15, 0.2) is 66.1 Å². The Morgan fingerprint density at radius 3 is 2.88 bits per heavy atom. The van der Waals surface area contributed by atoms with Gasteiger partial charge < -0.3 is 10.2 Å². The standard InChI is InChI=1S/C23H27N3/c1-2-15-24-23-12-11-22(25-19-23)10-6-7-16-26-17-13-21(14-18-26)20-8-4-3-5-9-20/h3-4,9,11-14,17,19,24H,2,5,7-8,15-16,18H2,1H3. The topological polar surface area (TPSA) is 28.2 Å². The van der Waals surface area contributed by atoms with Crippen LogP contribution >= 0.6 is 0 Å². The third-order valence-electron chi connectivity index (χ3n) is 4.47. The Hall–Kier alpha value is -2.73. The third-order valence-corrected chi connectivity index (χ3v) is 4.47.